The molecule has 0 radical (unpaired) electrons. The lowest BCUT2D eigenvalue weighted by Crippen LogP contribution is -2.47. The smallest absolute Gasteiger partial charge is 0.319 e. The number of ether oxygens (including phenoxy) is 1. The molecule has 4 atom stereocenters. The second-order valence-corrected chi connectivity index (χ2v) is 12.4. The van der Waals surface area contributed by atoms with Gasteiger partial charge in [-0.3, -0.25) is 4.90 Å². The van der Waals surface area contributed by atoms with Gasteiger partial charge in [-0.1, -0.05) is 12.0 Å². The molecule has 4 aliphatic heterocycles. The number of piperidine rings is 1. The molecule has 44 heavy (non-hydrogen) atoms. The number of phenols is 1. The molecule has 4 aromatic rings. The highest BCUT2D eigenvalue weighted by molar-refractivity contribution is 6.03. The molecule has 3 fully saturated rings. The molecule has 11 heteroatoms. The molecule has 4 aliphatic rings. The summed E-state index contributed by atoms with van der Waals surface area (Å²) in [5.74, 6) is 1.08. The van der Waals surface area contributed by atoms with Crippen molar-refractivity contribution in [3.63, 3.8) is 0 Å². The van der Waals surface area contributed by atoms with Gasteiger partial charge in [0.2, 0.25) is 0 Å². The number of aliphatic hydroxyl groups is 1. The number of anilines is 1. The van der Waals surface area contributed by atoms with Crippen LogP contribution in [0.15, 0.2) is 24.3 Å². The quantitative estimate of drug-likeness (QED) is 0.310. The number of halogens is 3. The van der Waals surface area contributed by atoms with Crippen LogP contribution in [-0.4, -0.2) is 74.1 Å². The summed E-state index contributed by atoms with van der Waals surface area (Å²) in [6.07, 6.45) is 8.22. The molecule has 0 aliphatic carbocycles. The van der Waals surface area contributed by atoms with Crippen LogP contribution in [0.1, 0.15) is 55.9 Å². The fourth-order valence-electron chi connectivity index (χ4n) is 7.96. The number of alkyl halides is 1. The number of pyridine rings is 1. The van der Waals surface area contributed by atoms with E-state index in [0.717, 1.165) is 32.2 Å². The molecular formula is C33H30F3N5O3. The Morgan fingerprint density at radius 3 is 2.80 bits per heavy atom. The molecule has 0 spiro atoms. The Hall–Kier alpha value is -4.14. The first kappa shape index (κ1) is 27.4. The van der Waals surface area contributed by atoms with Gasteiger partial charge in [0.25, 0.3) is 0 Å². The van der Waals surface area contributed by atoms with E-state index in [-0.39, 0.29) is 63.2 Å². The van der Waals surface area contributed by atoms with E-state index in [9.17, 15) is 19.0 Å². The minimum Gasteiger partial charge on any atom is -0.508 e. The molecule has 3 saturated heterocycles. The molecule has 2 aromatic heterocycles. The van der Waals surface area contributed by atoms with Crippen molar-refractivity contribution < 1.29 is 28.1 Å². The molecule has 0 amide bonds. The van der Waals surface area contributed by atoms with Crippen LogP contribution in [0.2, 0.25) is 0 Å². The summed E-state index contributed by atoms with van der Waals surface area (Å²) in [7, 11) is 0. The van der Waals surface area contributed by atoms with Crippen molar-refractivity contribution in [3.8, 4) is 35.4 Å². The first-order valence-electron chi connectivity index (χ1n) is 15.1. The van der Waals surface area contributed by atoms with E-state index in [4.69, 9.17) is 16.1 Å². The zero-order valence-corrected chi connectivity index (χ0v) is 23.9. The Morgan fingerprint density at radius 2 is 1.95 bits per heavy atom. The molecule has 2 aromatic carbocycles. The Bertz CT molecular complexity index is 1900. The van der Waals surface area contributed by atoms with Crippen molar-refractivity contribution in [1.29, 1.82) is 0 Å². The standard InChI is InChI=1S/C33H30F3N5O3/c1-2-20-22(35)8-7-17-12-19(42)13-21(24(17)20)27-26(36)28-25-29(37-27)30(43)23-6-3-4-11-41(23)31(25)39-32(38-28)44-16-33-9-5-10-40(33)15-18(34)14-33/h1,7-8,12-13,18,23,30,42-43H,3-6,9-11,14-16H2/t18-,23+,30+,33+/m1/s1. The van der Waals surface area contributed by atoms with E-state index in [1.165, 1.54) is 24.3 Å². The molecule has 0 unspecified atom stereocenters. The minimum absolute atomic E-state index is 0.0464. The fraction of sp³-hybridized carbons (Fsp3) is 0.424. The van der Waals surface area contributed by atoms with E-state index in [2.05, 4.69) is 20.8 Å². The number of aliphatic hydroxyl groups excluding tert-OH is 1. The van der Waals surface area contributed by atoms with Gasteiger partial charge in [0.1, 0.15) is 47.5 Å². The third-order valence-corrected chi connectivity index (χ3v) is 9.92. The van der Waals surface area contributed by atoms with Gasteiger partial charge in [-0.25, -0.2) is 18.2 Å². The minimum atomic E-state index is -1.07. The molecular weight excluding hydrogens is 571 g/mol. The highest BCUT2D eigenvalue weighted by Gasteiger charge is 2.49. The van der Waals surface area contributed by atoms with Crippen molar-refractivity contribution in [3.05, 3.63) is 47.2 Å². The van der Waals surface area contributed by atoms with Crippen LogP contribution >= 0.6 is 0 Å². The Balaban J connectivity index is 1.35. The summed E-state index contributed by atoms with van der Waals surface area (Å²) in [6.45, 7) is 1.94. The van der Waals surface area contributed by atoms with E-state index in [1.807, 2.05) is 4.90 Å². The topological polar surface area (TPSA) is 94.8 Å². The van der Waals surface area contributed by atoms with E-state index in [1.54, 1.807) is 0 Å². The number of nitrogens with zero attached hydrogens (tertiary/aromatic N) is 5. The van der Waals surface area contributed by atoms with Gasteiger partial charge in [0.15, 0.2) is 5.82 Å². The maximum absolute atomic E-state index is 16.8. The van der Waals surface area contributed by atoms with Gasteiger partial charge >= 0.3 is 6.01 Å². The van der Waals surface area contributed by atoms with Crippen LogP contribution in [0.3, 0.4) is 0 Å². The van der Waals surface area contributed by atoms with Gasteiger partial charge in [0, 0.05) is 30.5 Å². The first-order chi connectivity index (χ1) is 21.3. The average Bonchev–Trinajstić information content (AvgIpc) is 3.55. The molecule has 0 bridgehead atoms. The van der Waals surface area contributed by atoms with Crippen LogP contribution in [0.4, 0.5) is 19.0 Å². The normalized spacial score (nSPS) is 26.2. The lowest BCUT2D eigenvalue weighted by molar-refractivity contribution is 0.107. The summed E-state index contributed by atoms with van der Waals surface area (Å²) >= 11 is 0. The highest BCUT2D eigenvalue weighted by atomic mass is 19.1. The van der Waals surface area contributed by atoms with E-state index in [0.29, 0.717) is 37.1 Å². The van der Waals surface area contributed by atoms with Crippen molar-refractivity contribution in [2.45, 2.75) is 62.4 Å². The third-order valence-electron chi connectivity index (χ3n) is 9.92. The van der Waals surface area contributed by atoms with Crippen LogP contribution in [0.25, 0.3) is 32.9 Å². The third kappa shape index (κ3) is 3.97. The largest absolute Gasteiger partial charge is 0.508 e. The van der Waals surface area contributed by atoms with Gasteiger partial charge in [0.05, 0.1) is 28.2 Å². The molecule has 226 valence electrons. The highest BCUT2D eigenvalue weighted by Crippen LogP contribution is 2.47. The summed E-state index contributed by atoms with van der Waals surface area (Å²) in [5, 5.41) is 23.1. The average molecular weight is 602 g/mol. The molecule has 6 heterocycles. The maximum Gasteiger partial charge on any atom is 0.319 e. The second-order valence-electron chi connectivity index (χ2n) is 12.4. The molecule has 2 N–H and O–H groups in total. The van der Waals surface area contributed by atoms with Crippen molar-refractivity contribution in [2.24, 2.45) is 0 Å². The summed E-state index contributed by atoms with van der Waals surface area (Å²) in [6, 6.07) is 4.96. The number of rotatable bonds is 4. The van der Waals surface area contributed by atoms with Crippen LogP contribution in [0, 0.1) is 24.0 Å². The Morgan fingerprint density at radius 1 is 1.09 bits per heavy atom. The van der Waals surface area contributed by atoms with E-state index < -0.39 is 29.4 Å². The number of terminal acetylenes is 1. The van der Waals surface area contributed by atoms with Gasteiger partial charge < -0.3 is 19.8 Å². The van der Waals surface area contributed by atoms with Crippen LogP contribution in [0.5, 0.6) is 11.8 Å². The molecule has 8 nitrogen and oxygen atoms in total. The van der Waals surface area contributed by atoms with Crippen LogP contribution < -0.4 is 9.64 Å². The van der Waals surface area contributed by atoms with Crippen LogP contribution in [-0.2, 0) is 0 Å². The summed E-state index contributed by atoms with van der Waals surface area (Å²) in [4.78, 5) is 18.0. The number of aromatic nitrogens is 3. The monoisotopic (exact) mass is 601 g/mol. The number of hydrogen-bond donors (Lipinski definition) is 2. The van der Waals surface area contributed by atoms with Gasteiger partial charge in [-0.05, 0) is 62.2 Å². The number of hydrogen-bond acceptors (Lipinski definition) is 8. The number of aromatic hydroxyl groups is 1. The number of phenolic OH excluding ortho intramolecular Hbond substituents is 1. The van der Waals surface area contributed by atoms with Gasteiger partial charge in [-0.15, -0.1) is 6.42 Å². The lowest BCUT2D eigenvalue weighted by Gasteiger charge is -2.43. The first-order valence-corrected chi connectivity index (χ1v) is 15.1. The summed E-state index contributed by atoms with van der Waals surface area (Å²) in [5.41, 5.74) is -0.619. The summed E-state index contributed by atoms with van der Waals surface area (Å²) < 4.78 is 52.3. The predicted molar refractivity (Wildman–Crippen MR) is 158 cm³/mol. The fourth-order valence-corrected chi connectivity index (χ4v) is 7.96. The maximum atomic E-state index is 16.8. The van der Waals surface area contributed by atoms with Crippen molar-refractivity contribution in [1.82, 2.24) is 19.9 Å². The lowest BCUT2D eigenvalue weighted by atomic mass is 9.89. The van der Waals surface area contributed by atoms with Crippen molar-refractivity contribution in [2.75, 3.05) is 31.1 Å². The van der Waals surface area contributed by atoms with Crippen molar-refractivity contribution >= 4 is 27.5 Å². The SMILES string of the molecule is C#Cc1c(F)ccc2cc(O)cc(-c3nc4c5c(nc(OC[C@@]67CCCN6C[C@H](F)C7)nc5c3F)N3CCCC[C@H]3[C@@H]4O)c12. The number of benzene rings is 2. The zero-order valence-electron chi connectivity index (χ0n) is 23.9. The zero-order chi connectivity index (χ0) is 30.3. The predicted octanol–water partition coefficient (Wildman–Crippen LogP) is 5.17. The molecule has 0 saturated carbocycles. The number of fused-ring (bicyclic) bond motifs is 4. The molecule has 8 rings (SSSR count). The Kier molecular flexibility index (Phi) is 6.19. The second kappa shape index (κ2) is 9.94. The van der Waals surface area contributed by atoms with Gasteiger partial charge in [-0.2, -0.15) is 9.97 Å². The Labute approximate surface area is 251 Å². The van der Waals surface area contributed by atoms with E-state index >= 15 is 4.39 Å².